The maximum atomic E-state index is 12.2. The number of hydrogen-bond donors (Lipinski definition) is 0. The summed E-state index contributed by atoms with van der Waals surface area (Å²) in [5.74, 6) is 0.409. The van der Waals surface area contributed by atoms with Gasteiger partial charge in [0.05, 0.1) is 14.2 Å². The number of nitrogens with zero attached hydrogens (tertiary/aromatic N) is 1. The third kappa shape index (κ3) is 4.53. The Labute approximate surface area is 153 Å². The molecule has 0 radical (unpaired) electrons. The minimum absolute atomic E-state index is 0.226. The Balaban J connectivity index is 1.99. The van der Waals surface area contributed by atoms with Gasteiger partial charge in [0.15, 0.2) is 6.61 Å². The number of Topliss-reactive ketones (excluding diaryl/α,β-unsaturated/α-hetero) is 1. The van der Waals surface area contributed by atoms with Crippen LogP contribution in [0.15, 0.2) is 30.3 Å². The molecule has 6 heteroatoms. The summed E-state index contributed by atoms with van der Waals surface area (Å²) in [6.45, 7) is 3.48. The van der Waals surface area contributed by atoms with Gasteiger partial charge in [-0.05, 0) is 43.7 Å². The number of carbonyl (C=O) groups is 2. The van der Waals surface area contributed by atoms with Crippen LogP contribution in [-0.4, -0.2) is 37.1 Å². The van der Waals surface area contributed by atoms with E-state index in [9.17, 15) is 9.59 Å². The second-order valence-corrected chi connectivity index (χ2v) is 5.85. The molecule has 1 aromatic carbocycles. The number of aryl methyl sites for hydroxylation is 1. The molecule has 1 heterocycles. The largest absolute Gasteiger partial charge is 0.497 e. The molecule has 6 nitrogen and oxygen atoms in total. The zero-order valence-electron chi connectivity index (χ0n) is 15.7. The lowest BCUT2D eigenvalue weighted by molar-refractivity contribution is -0.136. The van der Waals surface area contributed by atoms with E-state index in [4.69, 9.17) is 14.2 Å². The van der Waals surface area contributed by atoms with Gasteiger partial charge in [-0.1, -0.05) is 0 Å². The Hall–Kier alpha value is -3.02. The van der Waals surface area contributed by atoms with E-state index in [0.717, 1.165) is 17.0 Å². The standard InChI is InChI=1S/C20H23NO5/c1-13-8-18(14(2)21(13)3)19(22)12-26-20(23)7-6-15-9-16(24-4)11-17(10-15)25-5/h6-11H,12H2,1-5H3/b7-6+. The van der Waals surface area contributed by atoms with Crippen molar-refractivity contribution in [1.29, 1.82) is 0 Å². The number of esters is 1. The number of carbonyl (C=O) groups excluding carboxylic acids is 2. The molecule has 0 atom stereocenters. The van der Waals surface area contributed by atoms with E-state index in [1.165, 1.54) is 6.08 Å². The number of methoxy groups -OCH3 is 2. The third-order valence-electron chi connectivity index (χ3n) is 4.21. The first-order valence-corrected chi connectivity index (χ1v) is 8.09. The molecule has 0 saturated carbocycles. The molecule has 138 valence electrons. The maximum Gasteiger partial charge on any atom is 0.331 e. The van der Waals surface area contributed by atoms with Crippen LogP contribution in [0.5, 0.6) is 11.5 Å². The van der Waals surface area contributed by atoms with Crippen molar-refractivity contribution in [3.63, 3.8) is 0 Å². The quantitative estimate of drug-likeness (QED) is 0.433. The minimum Gasteiger partial charge on any atom is -0.497 e. The highest BCUT2D eigenvalue weighted by Gasteiger charge is 2.15. The summed E-state index contributed by atoms with van der Waals surface area (Å²) in [5.41, 5.74) is 3.12. The van der Waals surface area contributed by atoms with Crippen LogP contribution >= 0.6 is 0 Å². The third-order valence-corrected chi connectivity index (χ3v) is 4.21. The SMILES string of the molecule is COc1cc(/C=C/C(=O)OCC(=O)c2cc(C)n(C)c2C)cc(OC)c1. The number of ketones is 1. The first-order chi connectivity index (χ1) is 12.3. The fourth-order valence-electron chi connectivity index (χ4n) is 2.49. The Bertz CT molecular complexity index is 826. The summed E-state index contributed by atoms with van der Waals surface area (Å²) in [5, 5.41) is 0. The highest BCUT2D eigenvalue weighted by molar-refractivity contribution is 6.00. The Kier molecular flexibility index (Phi) is 6.22. The molecule has 26 heavy (non-hydrogen) atoms. The van der Waals surface area contributed by atoms with Crippen LogP contribution in [0.3, 0.4) is 0 Å². The van der Waals surface area contributed by atoms with E-state index in [1.807, 2.05) is 25.5 Å². The molecule has 0 amide bonds. The van der Waals surface area contributed by atoms with E-state index >= 15 is 0 Å². The van der Waals surface area contributed by atoms with Crippen LogP contribution < -0.4 is 9.47 Å². The second kappa shape index (κ2) is 8.38. The first kappa shape index (κ1) is 19.3. The predicted octanol–water partition coefficient (Wildman–Crippen LogP) is 3.10. The van der Waals surface area contributed by atoms with Gasteiger partial charge in [-0.15, -0.1) is 0 Å². The van der Waals surface area contributed by atoms with Gasteiger partial charge in [0.25, 0.3) is 0 Å². The van der Waals surface area contributed by atoms with Crippen molar-refractivity contribution in [2.45, 2.75) is 13.8 Å². The van der Waals surface area contributed by atoms with Gasteiger partial charge in [0, 0.05) is 36.1 Å². The summed E-state index contributed by atoms with van der Waals surface area (Å²) >= 11 is 0. The highest BCUT2D eigenvalue weighted by Crippen LogP contribution is 2.23. The zero-order chi connectivity index (χ0) is 19.3. The monoisotopic (exact) mass is 357 g/mol. The van der Waals surface area contributed by atoms with Crippen LogP contribution in [0.1, 0.15) is 27.3 Å². The van der Waals surface area contributed by atoms with Crippen LogP contribution in [-0.2, 0) is 16.6 Å². The van der Waals surface area contributed by atoms with Crippen molar-refractivity contribution in [3.05, 3.63) is 52.9 Å². The predicted molar refractivity (Wildman–Crippen MR) is 98.8 cm³/mol. The average Bonchev–Trinajstić information content (AvgIpc) is 2.91. The van der Waals surface area contributed by atoms with Crippen LogP contribution in [0.4, 0.5) is 0 Å². The fourth-order valence-corrected chi connectivity index (χ4v) is 2.49. The number of rotatable bonds is 7. The molecule has 0 saturated heterocycles. The zero-order valence-corrected chi connectivity index (χ0v) is 15.7. The fraction of sp³-hybridized carbons (Fsp3) is 0.300. The molecule has 1 aromatic heterocycles. The maximum absolute atomic E-state index is 12.2. The van der Waals surface area contributed by atoms with Gasteiger partial charge in [-0.2, -0.15) is 0 Å². The van der Waals surface area contributed by atoms with Crippen LogP contribution in [0.2, 0.25) is 0 Å². The summed E-state index contributed by atoms with van der Waals surface area (Å²) in [6.07, 6.45) is 2.85. The van der Waals surface area contributed by atoms with Crippen LogP contribution in [0.25, 0.3) is 6.08 Å². The lowest BCUT2D eigenvalue weighted by atomic mass is 10.1. The van der Waals surface area contributed by atoms with E-state index in [2.05, 4.69) is 0 Å². The molecular weight excluding hydrogens is 334 g/mol. The Morgan fingerprint density at radius 1 is 1.04 bits per heavy atom. The molecule has 0 aliphatic heterocycles. The molecule has 0 bridgehead atoms. The summed E-state index contributed by atoms with van der Waals surface area (Å²) in [4.78, 5) is 24.1. The van der Waals surface area contributed by atoms with Crippen molar-refractivity contribution in [1.82, 2.24) is 4.57 Å². The van der Waals surface area contributed by atoms with Gasteiger partial charge in [0.1, 0.15) is 11.5 Å². The van der Waals surface area contributed by atoms with Crippen molar-refractivity contribution in [3.8, 4) is 11.5 Å². The number of ether oxygens (including phenoxy) is 3. The molecule has 0 N–H and O–H groups in total. The molecule has 0 fully saturated rings. The number of aromatic nitrogens is 1. The van der Waals surface area contributed by atoms with Crippen molar-refractivity contribution in [2.75, 3.05) is 20.8 Å². The summed E-state index contributed by atoms with van der Waals surface area (Å²) in [7, 11) is 4.99. The van der Waals surface area contributed by atoms with Gasteiger partial charge in [0.2, 0.25) is 5.78 Å². The lowest BCUT2D eigenvalue weighted by Gasteiger charge is -2.06. The lowest BCUT2D eigenvalue weighted by Crippen LogP contribution is -2.13. The molecule has 2 aromatic rings. The first-order valence-electron chi connectivity index (χ1n) is 8.09. The second-order valence-electron chi connectivity index (χ2n) is 5.85. The Morgan fingerprint density at radius 3 is 2.15 bits per heavy atom. The molecular formula is C20H23NO5. The van der Waals surface area contributed by atoms with Crippen molar-refractivity contribution in [2.24, 2.45) is 7.05 Å². The minimum atomic E-state index is -0.592. The van der Waals surface area contributed by atoms with E-state index in [0.29, 0.717) is 17.1 Å². The van der Waals surface area contributed by atoms with E-state index in [-0.39, 0.29) is 12.4 Å². The van der Waals surface area contributed by atoms with Gasteiger partial charge in [-0.3, -0.25) is 4.79 Å². The van der Waals surface area contributed by atoms with E-state index < -0.39 is 5.97 Å². The number of benzene rings is 1. The van der Waals surface area contributed by atoms with Crippen molar-refractivity contribution < 1.29 is 23.8 Å². The molecule has 0 spiro atoms. The van der Waals surface area contributed by atoms with Gasteiger partial charge in [-0.25, -0.2) is 4.79 Å². The van der Waals surface area contributed by atoms with Crippen molar-refractivity contribution >= 4 is 17.8 Å². The van der Waals surface area contributed by atoms with Gasteiger partial charge < -0.3 is 18.8 Å². The van der Waals surface area contributed by atoms with E-state index in [1.54, 1.807) is 44.6 Å². The topological polar surface area (TPSA) is 66.8 Å². The summed E-state index contributed by atoms with van der Waals surface area (Å²) < 4.78 is 17.3. The molecule has 0 aliphatic carbocycles. The average molecular weight is 357 g/mol. The number of hydrogen-bond acceptors (Lipinski definition) is 5. The van der Waals surface area contributed by atoms with Gasteiger partial charge >= 0.3 is 5.97 Å². The van der Waals surface area contributed by atoms with Crippen LogP contribution in [0, 0.1) is 13.8 Å². The summed E-state index contributed by atoms with van der Waals surface area (Å²) in [6, 6.07) is 7.05. The molecule has 2 rings (SSSR count). The molecule has 0 unspecified atom stereocenters. The normalized spacial score (nSPS) is 10.8. The Morgan fingerprint density at radius 2 is 1.65 bits per heavy atom. The highest BCUT2D eigenvalue weighted by atomic mass is 16.5. The molecule has 0 aliphatic rings. The smallest absolute Gasteiger partial charge is 0.331 e.